The Labute approximate surface area is 179 Å². The molecule has 0 spiro atoms. The van der Waals surface area contributed by atoms with E-state index in [4.69, 9.17) is 0 Å². The molecule has 29 heavy (non-hydrogen) atoms. The highest BCUT2D eigenvalue weighted by Crippen LogP contribution is 2.32. The standard InChI is InChI=1S/C23H37N3O2S/c1-5-7-8-13-19(6-2)24-21(22(28)17(4)27)23-26-25-20(29-23)15-18-12-10-9-11-16(3)14-18/h16,18,28H,5-15H2,1-4H3/b22-21+,24-19?. The van der Waals surface area contributed by atoms with Crippen molar-refractivity contribution in [2.24, 2.45) is 16.8 Å². The molecule has 2 atom stereocenters. The molecular weight excluding hydrogens is 382 g/mol. The smallest absolute Gasteiger partial charge is 0.196 e. The predicted molar refractivity (Wildman–Crippen MR) is 121 cm³/mol. The van der Waals surface area contributed by atoms with Crippen molar-refractivity contribution in [1.82, 2.24) is 10.2 Å². The molecule has 0 saturated heterocycles. The topological polar surface area (TPSA) is 75.4 Å². The number of allylic oxidation sites excluding steroid dienone is 1. The molecule has 5 nitrogen and oxygen atoms in total. The molecule has 1 fully saturated rings. The minimum Gasteiger partial charge on any atom is -0.503 e. The zero-order valence-electron chi connectivity index (χ0n) is 18.5. The van der Waals surface area contributed by atoms with Crippen LogP contribution in [0.5, 0.6) is 0 Å². The minimum absolute atomic E-state index is 0.295. The molecule has 1 heterocycles. The van der Waals surface area contributed by atoms with E-state index in [0.29, 0.717) is 16.6 Å². The molecule has 0 amide bonds. The van der Waals surface area contributed by atoms with Gasteiger partial charge in [0.15, 0.2) is 16.6 Å². The summed E-state index contributed by atoms with van der Waals surface area (Å²) in [6.45, 7) is 7.94. The number of carbonyl (C=O) groups is 1. The van der Waals surface area contributed by atoms with Gasteiger partial charge >= 0.3 is 0 Å². The van der Waals surface area contributed by atoms with Gasteiger partial charge in [0.1, 0.15) is 10.7 Å². The second-order valence-corrected chi connectivity index (χ2v) is 9.50. The molecule has 1 aliphatic rings. The number of aliphatic hydroxyl groups is 1. The second kappa shape index (κ2) is 12.2. The number of ketones is 1. The van der Waals surface area contributed by atoms with Crippen LogP contribution < -0.4 is 0 Å². The van der Waals surface area contributed by atoms with E-state index >= 15 is 0 Å². The molecule has 1 N–H and O–H groups in total. The summed E-state index contributed by atoms with van der Waals surface area (Å²) < 4.78 is 0. The van der Waals surface area contributed by atoms with E-state index < -0.39 is 0 Å². The minimum atomic E-state index is -0.387. The quantitative estimate of drug-likeness (QED) is 0.153. The number of Topliss-reactive ketones (excluding diaryl/α,β-unsaturated/α-hetero) is 1. The lowest BCUT2D eigenvalue weighted by Gasteiger charge is -2.14. The van der Waals surface area contributed by atoms with Crippen LogP contribution in [0, 0.1) is 11.8 Å². The maximum atomic E-state index is 11.9. The maximum absolute atomic E-state index is 11.9. The van der Waals surface area contributed by atoms with Crippen LogP contribution in [0.1, 0.15) is 102 Å². The van der Waals surface area contributed by atoms with E-state index in [0.717, 1.165) is 55.2 Å². The molecule has 2 unspecified atom stereocenters. The number of unbranched alkanes of at least 4 members (excludes halogenated alkanes) is 2. The zero-order valence-corrected chi connectivity index (χ0v) is 19.4. The summed E-state index contributed by atoms with van der Waals surface area (Å²) in [5, 5.41) is 20.6. The molecule has 2 rings (SSSR count). The Balaban J connectivity index is 2.22. The lowest BCUT2D eigenvalue weighted by Crippen LogP contribution is -2.06. The third kappa shape index (κ3) is 7.65. The van der Waals surface area contributed by atoms with Gasteiger partial charge in [-0.3, -0.25) is 9.79 Å². The molecule has 1 aliphatic carbocycles. The molecule has 1 aromatic rings. The molecule has 0 bridgehead atoms. The van der Waals surface area contributed by atoms with Crippen LogP contribution in [0.4, 0.5) is 0 Å². The first kappa shape index (κ1) is 23.7. The van der Waals surface area contributed by atoms with E-state index in [2.05, 4.69) is 36.0 Å². The Morgan fingerprint density at radius 1 is 1.21 bits per heavy atom. The Morgan fingerprint density at radius 3 is 2.66 bits per heavy atom. The van der Waals surface area contributed by atoms with Crippen LogP contribution >= 0.6 is 11.3 Å². The van der Waals surface area contributed by atoms with E-state index in [-0.39, 0.29) is 11.5 Å². The number of hydrogen-bond acceptors (Lipinski definition) is 6. The first-order valence-corrected chi connectivity index (χ1v) is 12.1. The maximum Gasteiger partial charge on any atom is 0.196 e. The molecule has 162 valence electrons. The van der Waals surface area contributed by atoms with Gasteiger partial charge in [-0.25, -0.2) is 0 Å². The van der Waals surface area contributed by atoms with Crippen LogP contribution in [-0.2, 0) is 11.2 Å². The molecule has 1 aromatic heterocycles. The van der Waals surface area contributed by atoms with Crippen LogP contribution in [0.2, 0.25) is 0 Å². The average molecular weight is 420 g/mol. The average Bonchev–Trinajstić information content (AvgIpc) is 3.05. The fourth-order valence-corrected chi connectivity index (χ4v) is 4.96. The summed E-state index contributed by atoms with van der Waals surface area (Å²) in [6.07, 6.45) is 12.4. The van der Waals surface area contributed by atoms with Gasteiger partial charge in [0, 0.05) is 19.1 Å². The van der Waals surface area contributed by atoms with Crippen molar-refractivity contribution < 1.29 is 9.90 Å². The van der Waals surface area contributed by atoms with Gasteiger partial charge in [0.05, 0.1) is 0 Å². The molecule has 0 radical (unpaired) electrons. The Bertz CT molecular complexity index is 723. The van der Waals surface area contributed by atoms with Gasteiger partial charge in [0.25, 0.3) is 0 Å². The van der Waals surface area contributed by atoms with Crippen LogP contribution in [0.15, 0.2) is 10.8 Å². The largest absolute Gasteiger partial charge is 0.503 e. The van der Waals surface area contributed by atoms with Crippen molar-refractivity contribution in [2.75, 3.05) is 0 Å². The zero-order chi connectivity index (χ0) is 21.2. The number of carbonyl (C=O) groups excluding carboxylic acids is 1. The molecule has 0 aromatic carbocycles. The van der Waals surface area contributed by atoms with Crippen molar-refractivity contribution in [3.8, 4) is 0 Å². The molecule has 1 saturated carbocycles. The highest BCUT2D eigenvalue weighted by Gasteiger charge is 2.22. The lowest BCUT2D eigenvalue weighted by molar-refractivity contribution is -0.115. The number of hydrogen-bond donors (Lipinski definition) is 1. The third-order valence-corrected chi connectivity index (χ3v) is 6.68. The monoisotopic (exact) mass is 419 g/mol. The fraction of sp³-hybridized carbons (Fsp3) is 0.739. The number of aromatic nitrogens is 2. The van der Waals surface area contributed by atoms with Crippen molar-refractivity contribution >= 4 is 28.5 Å². The first-order chi connectivity index (χ1) is 13.9. The van der Waals surface area contributed by atoms with Gasteiger partial charge in [-0.05, 0) is 37.5 Å². The van der Waals surface area contributed by atoms with Crippen LogP contribution in [-0.4, -0.2) is 26.8 Å². The third-order valence-electron chi connectivity index (χ3n) is 5.73. The van der Waals surface area contributed by atoms with Crippen molar-refractivity contribution in [2.45, 2.75) is 98.3 Å². The molecule has 6 heteroatoms. The van der Waals surface area contributed by atoms with E-state index in [9.17, 15) is 9.90 Å². The molecular formula is C23H37N3O2S. The second-order valence-electron chi connectivity index (χ2n) is 8.44. The lowest BCUT2D eigenvalue weighted by atomic mass is 9.92. The summed E-state index contributed by atoms with van der Waals surface area (Å²) >= 11 is 1.47. The SMILES string of the molecule is CCCCCC(CC)=N/C(=C(/O)C(C)=O)c1nnc(CC2CCCCC(C)C2)s1. The summed E-state index contributed by atoms with van der Waals surface area (Å²) in [5.74, 6) is 0.720. The Morgan fingerprint density at radius 2 is 1.97 bits per heavy atom. The van der Waals surface area contributed by atoms with Gasteiger partial charge < -0.3 is 5.11 Å². The van der Waals surface area contributed by atoms with Gasteiger partial charge in [0.2, 0.25) is 0 Å². The highest BCUT2D eigenvalue weighted by molar-refractivity contribution is 7.12. The predicted octanol–water partition coefficient (Wildman–Crippen LogP) is 6.54. The van der Waals surface area contributed by atoms with Crippen LogP contribution in [0.3, 0.4) is 0 Å². The van der Waals surface area contributed by atoms with E-state index in [1.165, 1.54) is 50.4 Å². The fourth-order valence-electron chi connectivity index (χ4n) is 4.01. The first-order valence-electron chi connectivity index (χ1n) is 11.3. The van der Waals surface area contributed by atoms with E-state index in [1.54, 1.807) is 0 Å². The summed E-state index contributed by atoms with van der Waals surface area (Å²) in [4.78, 5) is 16.5. The molecule has 0 aliphatic heterocycles. The van der Waals surface area contributed by atoms with Crippen molar-refractivity contribution in [3.05, 3.63) is 15.8 Å². The number of aliphatic hydroxyl groups excluding tert-OH is 1. The summed E-state index contributed by atoms with van der Waals surface area (Å²) in [6, 6.07) is 0. The summed E-state index contributed by atoms with van der Waals surface area (Å²) in [7, 11) is 0. The highest BCUT2D eigenvalue weighted by atomic mass is 32.1. The van der Waals surface area contributed by atoms with Gasteiger partial charge in [-0.1, -0.05) is 70.6 Å². The van der Waals surface area contributed by atoms with Crippen LogP contribution in [0.25, 0.3) is 5.70 Å². The van der Waals surface area contributed by atoms with Gasteiger partial charge in [-0.2, -0.15) is 0 Å². The number of nitrogens with zero attached hydrogens (tertiary/aromatic N) is 3. The normalized spacial score (nSPS) is 21.6. The van der Waals surface area contributed by atoms with Crippen molar-refractivity contribution in [1.29, 1.82) is 0 Å². The summed E-state index contributed by atoms with van der Waals surface area (Å²) in [5.41, 5.74) is 1.29. The number of aliphatic imine (C=N–C) groups is 1. The van der Waals surface area contributed by atoms with Gasteiger partial charge in [-0.15, -0.1) is 10.2 Å². The Hall–Kier alpha value is -1.56. The van der Waals surface area contributed by atoms with Crippen molar-refractivity contribution in [3.63, 3.8) is 0 Å². The van der Waals surface area contributed by atoms with E-state index in [1.807, 2.05) is 0 Å². The Kier molecular flexibility index (Phi) is 9.98. The number of rotatable bonds is 10.